The van der Waals surface area contributed by atoms with Gasteiger partial charge in [-0.3, -0.25) is 19.2 Å². The number of pyridine rings is 1. The van der Waals surface area contributed by atoms with Gasteiger partial charge in [0, 0.05) is 28.1 Å². The Morgan fingerprint density at radius 3 is 2.53 bits per heavy atom. The number of hydrogen-bond acceptors (Lipinski definition) is 9. The maximum atomic E-state index is 13.8. The van der Waals surface area contributed by atoms with Gasteiger partial charge in [-0.05, 0) is 58.2 Å². The van der Waals surface area contributed by atoms with Gasteiger partial charge in [0.25, 0.3) is 5.91 Å². The first-order chi connectivity index (χ1) is 20.2. The predicted molar refractivity (Wildman–Crippen MR) is 158 cm³/mol. The number of methoxy groups -OCH3 is 1. The molecule has 232 valence electrons. The summed E-state index contributed by atoms with van der Waals surface area (Å²) < 4.78 is 44.3. The molecule has 1 saturated heterocycles. The summed E-state index contributed by atoms with van der Waals surface area (Å²) in [5, 5.41) is 3.88. The van der Waals surface area contributed by atoms with Crippen LogP contribution >= 0.6 is 11.6 Å². The standard InChI is InChI=1S/C29H35ClN4O8S/c1-6-16-13-29(16,26(36)33-43(38,39)19-8-9-19)32-24(35)22-12-18(15-34(22)27(37)42-28(2,3)4)41-25-21-11-17(30)7-10-20(21)23(40-5)14-31-25/h6-7,10-11,14,16,18-19,22H,1,8-9,12-13,15H2,2-5H3,(H,32,35)(H,33,36)/t16-,18-,22+,29-/m1/s1. The molecule has 2 N–H and O–H groups in total. The van der Waals surface area contributed by atoms with E-state index in [1.165, 1.54) is 24.3 Å². The first-order valence-electron chi connectivity index (χ1n) is 14.0. The van der Waals surface area contributed by atoms with Crippen LogP contribution in [0.2, 0.25) is 5.02 Å². The minimum absolute atomic E-state index is 0.0110. The van der Waals surface area contributed by atoms with Crippen molar-refractivity contribution in [2.24, 2.45) is 5.92 Å². The van der Waals surface area contributed by atoms with Crippen LogP contribution in [0.4, 0.5) is 4.79 Å². The molecule has 5 rings (SSSR count). The van der Waals surface area contributed by atoms with E-state index in [0.717, 1.165) is 0 Å². The van der Waals surface area contributed by atoms with Gasteiger partial charge in [0.05, 0.1) is 25.1 Å². The normalized spacial score (nSPS) is 25.1. The van der Waals surface area contributed by atoms with E-state index in [-0.39, 0.29) is 25.3 Å². The Hall–Kier alpha value is -3.58. The van der Waals surface area contributed by atoms with Crippen molar-refractivity contribution in [1.82, 2.24) is 19.9 Å². The molecule has 1 aromatic heterocycles. The zero-order valence-electron chi connectivity index (χ0n) is 24.4. The molecule has 14 heteroatoms. The van der Waals surface area contributed by atoms with E-state index in [1.54, 1.807) is 39.0 Å². The fourth-order valence-corrected chi connectivity index (χ4v) is 6.79. The molecule has 0 spiro atoms. The van der Waals surface area contributed by atoms with Crippen molar-refractivity contribution in [3.8, 4) is 11.6 Å². The fourth-order valence-electron chi connectivity index (χ4n) is 5.25. The molecule has 3 fully saturated rings. The highest BCUT2D eigenvalue weighted by molar-refractivity contribution is 7.91. The molecule has 4 atom stereocenters. The monoisotopic (exact) mass is 634 g/mol. The minimum atomic E-state index is -3.84. The lowest BCUT2D eigenvalue weighted by atomic mass is 10.1. The quantitative estimate of drug-likeness (QED) is 0.396. The van der Waals surface area contributed by atoms with Crippen LogP contribution < -0.4 is 19.5 Å². The zero-order chi connectivity index (χ0) is 31.3. The van der Waals surface area contributed by atoms with Gasteiger partial charge in [-0.2, -0.15) is 0 Å². The van der Waals surface area contributed by atoms with E-state index in [0.29, 0.717) is 34.4 Å². The summed E-state index contributed by atoms with van der Waals surface area (Å²) in [5.74, 6) is -1.18. The Bertz CT molecular complexity index is 1590. The maximum Gasteiger partial charge on any atom is 0.411 e. The van der Waals surface area contributed by atoms with Crippen LogP contribution in [-0.2, 0) is 24.3 Å². The zero-order valence-corrected chi connectivity index (χ0v) is 26.0. The Morgan fingerprint density at radius 1 is 1.21 bits per heavy atom. The molecule has 2 saturated carbocycles. The number of aromatic nitrogens is 1. The second-order valence-electron chi connectivity index (χ2n) is 12.1. The van der Waals surface area contributed by atoms with Crippen LogP contribution in [0.1, 0.15) is 46.5 Å². The van der Waals surface area contributed by atoms with Gasteiger partial charge >= 0.3 is 6.09 Å². The highest BCUT2D eigenvalue weighted by atomic mass is 35.5. The van der Waals surface area contributed by atoms with Crippen molar-refractivity contribution in [3.05, 3.63) is 42.1 Å². The number of likely N-dealkylation sites (tertiary alicyclic amines) is 1. The number of ether oxygens (including phenoxy) is 3. The molecule has 43 heavy (non-hydrogen) atoms. The molecule has 3 aliphatic rings. The Kier molecular flexibility index (Phi) is 8.01. The molecule has 2 heterocycles. The van der Waals surface area contributed by atoms with E-state index < -0.39 is 62.4 Å². The first kappa shape index (κ1) is 30.9. The summed E-state index contributed by atoms with van der Waals surface area (Å²) in [4.78, 5) is 45.9. The van der Waals surface area contributed by atoms with Crippen LogP contribution in [0.15, 0.2) is 37.1 Å². The average molecular weight is 635 g/mol. The lowest BCUT2D eigenvalue weighted by molar-refractivity contribution is -0.131. The molecule has 0 radical (unpaired) electrons. The maximum absolute atomic E-state index is 13.8. The molecule has 1 aromatic carbocycles. The molecule has 2 aromatic rings. The molecule has 0 bridgehead atoms. The van der Waals surface area contributed by atoms with E-state index in [2.05, 4.69) is 21.6 Å². The van der Waals surface area contributed by atoms with Crippen LogP contribution in [0.3, 0.4) is 0 Å². The topological polar surface area (TPSA) is 153 Å². The van der Waals surface area contributed by atoms with Gasteiger partial charge in [0.1, 0.15) is 29.0 Å². The van der Waals surface area contributed by atoms with Crippen molar-refractivity contribution in [1.29, 1.82) is 0 Å². The van der Waals surface area contributed by atoms with Gasteiger partial charge in [-0.25, -0.2) is 18.2 Å². The Balaban J connectivity index is 1.39. The van der Waals surface area contributed by atoms with Crippen molar-refractivity contribution in [3.63, 3.8) is 0 Å². The lowest BCUT2D eigenvalue weighted by Crippen LogP contribution is -2.56. The summed E-state index contributed by atoms with van der Waals surface area (Å²) >= 11 is 6.25. The molecule has 2 aliphatic carbocycles. The van der Waals surface area contributed by atoms with Crippen molar-refractivity contribution < 1.29 is 37.0 Å². The minimum Gasteiger partial charge on any atom is -0.494 e. The van der Waals surface area contributed by atoms with Crippen LogP contribution in [0.25, 0.3) is 10.8 Å². The summed E-state index contributed by atoms with van der Waals surface area (Å²) in [7, 11) is -2.32. The number of amides is 3. The van der Waals surface area contributed by atoms with E-state index in [4.69, 9.17) is 25.8 Å². The second kappa shape index (κ2) is 11.2. The Labute approximate surface area is 255 Å². The number of carbonyl (C=O) groups excluding carboxylic acids is 3. The molecular formula is C29H35ClN4O8S. The van der Waals surface area contributed by atoms with Crippen LogP contribution in [-0.4, -0.2) is 78.4 Å². The van der Waals surface area contributed by atoms with Gasteiger partial charge in [0.2, 0.25) is 21.8 Å². The number of benzene rings is 1. The van der Waals surface area contributed by atoms with Gasteiger partial charge in [-0.1, -0.05) is 17.7 Å². The number of fused-ring (bicyclic) bond motifs is 1. The number of halogens is 1. The molecular weight excluding hydrogens is 600 g/mol. The first-order valence-corrected chi connectivity index (χ1v) is 15.9. The summed E-state index contributed by atoms with van der Waals surface area (Å²) in [6.07, 6.45) is 2.78. The smallest absolute Gasteiger partial charge is 0.411 e. The third kappa shape index (κ3) is 6.37. The third-order valence-corrected chi connectivity index (χ3v) is 9.77. The number of nitrogens with zero attached hydrogens (tertiary/aromatic N) is 2. The predicted octanol–water partition coefficient (Wildman–Crippen LogP) is 3.32. The van der Waals surface area contributed by atoms with Crippen molar-refractivity contribution in [2.45, 2.75) is 75.0 Å². The number of nitrogens with one attached hydrogen (secondary N) is 2. The van der Waals surface area contributed by atoms with Gasteiger partial charge in [-0.15, -0.1) is 6.58 Å². The summed E-state index contributed by atoms with van der Waals surface area (Å²) in [6, 6.07) is 4.10. The molecule has 1 aliphatic heterocycles. The van der Waals surface area contributed by atoms with Crippen molar-refractivity contribution in [2.75, 3.05) is 13.7 Å². The third-order valence-electron chi connectivity index (χ3n) is 7.72. The summed E-state index contributed by atoms with van der Waals surface area (Å²) in [6.45, 7) is 8.84. The van der Waals surface area contributed by atoms with Gasteiger partial charge < -0.3 is 19.5 Å². The lowest BCUT2D eigenvalue weighted by Gasteiger charge is -2.29. The van der Waals surface area contributed by atoms with E-state index in [1.807, 2.05) is 0 Å². The number of sulfonamides is 1. The Morgan fingerprint density at radius 2 is 1.93 bits per heavy atom. The fraction of sp³-hybridized carbons (Fsp3) is 0.517. The van der Waals surface area contributed by atoms with Crippen LogP contribution in [0, 0.1) is 5.92 Å². The molecule has 3 amide bonds. The number of rotatable bonds is 9. The van der Waals surface area contributed by atoms with E-state index in [9.17, 15) is 22.8 Å². The highest BCUT2D eigenvalue weighted by Crippen LogP contribution is 2.45. The number of carbonyl (C=O) groups is 3. The van der Waals surface area contributed by atoms with Crippen LogP contribution in [0.5, 0.6) is 11.6 Å². The highest BCUT2D eigenvalue weighted by Gasteiger charge is 2.62. The summed E-state index contributed by atoms with van der Waals surface area (Å²) in [5.41, 5.74) is -2.34. The largest absolute Gasteiger partial charge is 0.494 e. The SMILES string of the molecule is C=C[C@@H]1C[C@]1(NC(=O)[C@@H]1C[C@@H](Oc2ncc(OC)c3ccc(Cl)cc23)CN1C(=O)OC(C)(C)C)C(=O)NS(=O)(=O)C1CC1. The van der Waals surface area contributed by atoms with Gasteiger partial charge in [0.15, 0.2) is 0 Å². The average Bonchev–Trinajstić information content (AvgIpc) is 3.85. The molecule has 0 unspecified atom stereocenters. The van der Waals surface area contributed by atoms with E-state index >= 15 is 0 Å². The van der Waals surface area contributed by atoms with Crippen molar-refractivity contribution >= 4 is 50.3 Å². The second-order valence-corrected chi connectivity index (χ2v) is 14.5. The number of hydrogen-bond donors (Lipinski definition) is 2. The molecule has 12 nitrogen and oxygen atoms in total.